The number of rotatable bonds is 20. The molecule has 0 bridgehead atoms. The average molecular weight is 695 g/mol. The zero-order chi connectivity index (χ0) is 33.2. The van der Waals surface area contributed by atoms with Gasteiger partial charge in [-0.3, -0.25) is 0 Å². The monoisotopic (exact) mass is 693 g/mol. The summed E-state index contributed by atoms with van der Waals surface area (Å²) < 4.78 is 33.7. The van der Waals surface area contributed by atoms with E-state index in [0.717, 1.165) is 17.4 Å². The Labute approximate surface area is 280 Å². The van der Waals surface area contributed by atoms with Crippen molar-refractivity contribution in [1.29, 1.82) is 0 Å². The fraction of sp³-hybridized carbons (Fsp3) is 0.684. The van der Waals surface area contributed by atoms with Crippen molar-refractivity contribution in [2.45, 2.75) is 142 Å². The first-order valence-electron chi connectivity index (χ1n) is 17.4. The Bertz CT molecular complexity index is 1140. The molecule has 252 valence electrons. The van der Waals surface area contributed by atoms with E-state index in [9.17, 15) is 13.0 Å². The molecule has 0 amide bonds. The number of benzene rings is 2. The van der Waals surface area contributed by atoms with E-state index in [1.807, 2.05) is 6.92 Å². The third-order valence-electron chi connectivity index (χ3n) is 10.4. The molecule has 2 aromatic rings. The molecule has 2 unspecified atom stereocenters. The lowest BCUT2D eigenvalue weighted by molar-refractivity contribution is -0.961. The summed E-state index contributed by atoms with van der Waals surface area (Å²) in [7, 11) is -1.64. The molecule has 2 atom stereocenters. The normalized spacial score (nSPS) is 14.2. The third-order valence-corrected chi connectivity index (χ3v) is 11.7. The van der Waals surface area contributed by atoms with Crippen molar-refractivity contribution in [3.05, 3.63) is 64.1 Å². The maximum Gasteiger partial charge on any atom is 0.124 e. The highest BCUT2D eigenvalue weighted by atomic mass is 79.9. The number of nitrogens with zero attached hydrogens (tertiary/aromatic N) is 1. The standard InChI is InChI=1S/C31H57BrN.C7H8O3S/c1-8-13-14-17-27(6)21-24-33(7,25-22-28(9-2)10-3)31(11-4,12-5)23-16-19-29-18-15-20-30(32)26-29;1-6-2-4-7(5-3-6)11(8,9)10/h15,18,20,26-28H,8-14,16-17,19,21-25H2,1-7H3;2-5H,1H3,(H,8,9,10)/q+1;/p-1. The van der Waals surface area contributed by atoms with Crippen molar-refractivity contribution < 1.29 is 17.5 Å². The molecule has 2 aromatic carbocycles. The second-order valence-electron chi connectivity index (χ2n) is 13.4. The fourth-order valence-electron chi connectivity index (χ4n) is 6.80. The first kappa shape index (κ1) is 40.8. The van der Waals surface area contributed by atoms with Gasteiger partial charge in [-0.05, 0) is 87.1 Å². The van der Waals surface area contributed by atoms with Crippen LogP contribution in [0, 0.1) is 18.8 Å². The Hall–Kier alpha value is -1.21. The lowest BCUT2D eigenvalue weighted by atomic mass is 9.81. The van der Waals surface area contributed by atoms with E-state index >= 15 is 0 Å². The average Bonchev–Trinajstić information content (AvgIpc) is 2.99. The van der Waals surface area contributed by atoms with Gasteiger partial charge < -0.3 is 9.04 Å². The van der Waals surface area contributed by atoms with Crippen LogP contribution in [0.2, 0.25) is 0 Å². The minimum absolute atomic E-state index is 0.178. The van der Waals surface area contributed by atoms with Gasteiger partial charge in [0.05, 0.1) is 30.6 Å². The summed E-state index contributed by atoms with van der Waals surface area (Å²) >= 11 is 3.65. The second kappa shape index (κ2) is 20.8. The van der Waals surface area contributed by atoms with Crippen molar-refractivity contribution >= 4 is 26.0 Å². The quantitative estimate of drug-likeness (QED) is 0.0787. The van der Waals surface area contributed by atoms with E-state index in [2.05, 4.69) is 88.8 Å². The Morgan fingerprint density at radius 1 is 0.864 bits per heavy atom. The van der Waals surface area contributed by atoms with E-state index in [4.69, 9.17) is 0 Å². The molecule has 0 heterocycles. The minimum atomic E-state index is -4.27. The zero-order valence-electron chi connectivity index (χ0n) is 29.3. The smallest absolute Gasteiger partial charge is 0.124 e. The summed E-state index contributed by atoms with van der Waals surface area (Å²) in [6.07, 6.45) is 17.4. The first-order chi connectivity index (χ1) is 20.8. The number of hydrogen-bond donors (Lipinski definition) is 0. The summed E-state index contributed by atoms with van der Waals surface area (Å²) in [5.74, 6) is 1.74. The van der Waals surface area contributed by atoms with Crippen LogP contribution in [0.3, 0.4) is 0 Å². The molecule has 0 fully saturated rings. The first-order valence-corrected chi connectivity index (χ1v) is 19.6. The van der Waals surface area contributed by atoms with E-state index in [-0.39, 0.29) is 4.90 Å². The van der Waals surface area contributed by atoms with Crippen LogP contribution in [0.4, 0.5) is 0 Å². The molecular weight excluding hydrogens is 630 g/mol. The number of quaternary nitrogens is 1. The van der Waals surface area contributed by atoms with Gasteiger partial charge >= 0.3 is 0 Å². The Balaban J connectivity index is 0.000000733. The molecule has 0 saturated carbocycles. The molecule has 6 heteroatoms. The van der Waals surface area contributed by atoms with Gasteiger partial charge in [0, 0.05) is 10.9 Å². The highest BCUT2D eigenvalue weighted by Crippen LogP contribution is 2.38. The Kier molecular flexibility index (Phi) is 19.3. The van der Waals surface area contributed by atoms with Crippen molar-refractivity contribution in [2.24, 2.45) is 11.8 Å². The highest BCUT2D eigenvalue weighted by Gasteiger charge is 2.44. The van der Waals surface area contributed by atoms with Gasteiger partial charge in [0.1, 0.15) is 10.1 Å². The van der Waals surface area contributed by atoms with Gasteiger partial charge in [0.2, 0.25) is 0 Å². The van der Waals surface area contributed by atoms with Crippen LogP contribution in [-0.4, -0.2) is 43.1 Å². The number of aryl methyl sites for hydroxylation is 2. The van der Waals surface area contributed by atoms with E-state index < -0.39 is 10.1 Å². The molecular formula is C38H64BrNO3S. The highest BCUT2D eigenvalue weighted by molar-refractivity contribution is 9.10. The lowest BCUT2D eigenvalue weighted by Crippen LogP contribution is -2.62. The van der Waals surface area contributed by atoms with Crippen LogP contribution in [0.5, 0.6) is 0 Å². The predicted octanol–water partition coefficient (Wildman–Crippen LogP) is 11.1. The lowest BCUT2D eigenvalue weighted by Gasteiger charge is -2.52. The van der Waals surface area contributed by atoms with Gasteiger partial charge in [-0.25, -0.2) is 8.42 Å². The molecule has 44 heavy (non-hydrogen) atoms. The molecule has 0 spiro atoms. The molecule has 0 aliphatic heterocycles. The Morgan fingerprint density at radius 3 is 2.00 bits per heavy atom. The van der Waals surface area contributed by atoms with E-state index in [0.29, 0.717) is 5.54 Å². The van der Waals surface area contributed by atoms with Crippen molar-refractivity contribution in [3.8, 4) is 0 Å². The van der Waals surface area contributed by atoms with Gasteiger partial charge in [0.15, 0.2) is 0 Å². The van der Waals surface area contributed by atoms with Crippen LogP contribution in [-0.2, 0) is 16.5 Å². The number of unbranched alkanes of at least 4 members (excludes halogenated alkanes) is 2. The summed E-state index contributed by atoms with van der Waals surface area (Å²) in [6, 6.07) is 14.7. The van der Waals surface area contributed by atoms with Gasteiger partial charge in [-0.1, -0.05) is 126 Å². The van der Waals surface area contributed by atoms with Crippen LogP contribution >= 0.6 is 15.9 Å². The Morgan fingerprint density at radius 2 is 1.48 bits per heavy atom. The molecule has 0 N–H and O–H groups in total. The molecule has 0 radical (unpaired) electrons. The zero-order valence-corrected chi connectivity index (χ0v) is 31.7. The van der Waals surface area contributed by atoms with Crippen LogP contribution in [0.15, 0.2) is 57.9 Å². The summed E-state index contributed by atoms with van der Waals surface area (Å²) in [6.45, 7) is 19.1. The molecule has 2 rings (SSSR count). The van der Waals surface area contributed by atoms with E-state index in [1.54, 1.807) is 12.1 Å². The second-order valence-corrected chi connectivity index (χ2v) is 15.7. The van der Waals surface area contributed by atoms with Crippen molar-refractivity contribution in [3.63, 3.8) is 0 Å². The van der Waals surface area contributed by atoms with Crippen molar-refractivity contribution in [1.82, 2.24) is 0 Å². The molecule has 0 aliphatic rings. The third kappa shape index (κ3) is 14.1. The van der Waals surface area contributed by atoms with Crippen LogP contribution < -0.4 is 0 Å². The predicted molar refractivity (Wildman–Crippen MR) is 192 cm³/mol. The van der Waals surface area contributed by atoms with Gasteiger partial charge in [-0.15, -0.1) is 0 Å². The van der Waals surface area contributed by atoms with Crippen LogP contribution in [0.25, 0.3) is 0 Å². The molecule has 0 saturated heterocycles. The van der Waals surface area contributed by atoms with E-state index in [1.165, 1.54) is 123 Å². The minimum Gasteiger partial charge on any atom is -0.744 e. The molecule has 0 aliphatic carbocycles. The summed E-state index contributed by atoms with van der Waals surface area (Å²) in [4.78, 5) is -0.178. The summed E-state index contributed by atoms with van der Waals surface area (Å²) in [5.41, 5.74) is 2.81. The maximum atomic E-state index is 10.4. The number of halogens is 1. The summed E-state index contributed by atoms with van der Waals surface area (Å²) in [5, 5.41) is 0. The van der Waals surface area contributed by atoms with Gasteiger partial charge in [0.25, 0.3) is 0 Å². The maximum absolute atomic E-state index is 10.4. The fourth-order valence-corrected chi connectivity index (χ4v) is 7.71. The largest absolute Gasteiger partial charge is 0.744 e. The van der Waals surface area contributed by atoms with Crippen LogP contribution in [0.1, 0.15) is 130 Å². The van der Waals surface area contributed by atoms with Crippen molar-refractivity contribution in [2.75, 3.05) is 20.1 Å². The SMILES string of the molecule is CCCCCC(C)CC[N+](C)(CCC(CC)CC)C(CC)(CC)CCCc1cccc(Br)c1.Cc1ccc(S(=O)(=O)[O-])cc1. The van der Waals surface area contributed by atoms with Gasteiger partial charge in [-0.2, -0.15) is 0 Å². The molecule has 0 aromatic heterocycles. The molecule has 4 nitrogen and oxygen atoms in total. The number of hydrogen-bond acceptors (Lipinski definition) is 3. The topological polar surface area (TPSA) is 57.2 Å².